The Morgan fingerprint density at radius 3 is 2.48 bits per heavy atom. The lowest BCUT2D eigenvalue weighted by molar-refractivity contribution is 0.280. The molecule has 0 saturated heterocycles. The maximum atomic E-state index is 12.6. The maximum absolute atomic E-state index is 12.6. The second-order valence-electron chi connectivity index (χ2n) is 6.93. The van der Waals surface area contributed by atoms with E-state index in [1.807, 2.05) is 13.0 Å². The van der Waals surface area contributed by atoms with E-state index < -0.39 is 10.0 Å². The Balaban J connectivity index is 2.28. The van der Waals surface area contributed by atoms with Gasteiger partial charge >= 0.3 is 0 Å². The zero-order chi connectivity index (χ0) is 15.8. The molecule has 1 atom stereocenters. The van der Waals surface area contributed by atoms with Crippen LogP contribution >= 0.6 is 0 Å². The number of hydrogen-bond acceptors (Lipinski definition) is 3. The van der Waals surface area contributed by atoms with Crippen LogP contribution in [-0.4, -0.2) is 19.6 Å². The van der Waals surface area contributed by atoms with E-state index >= 15 is 0 Å². The minimum atomic E-state index is -3.54. The Labute approximate surface area is 127 Å². The highest BCUT2D eigenvalue weighted by molar-refractivity contribution is 7.89. The van der Waals surface area contributed by atoms with Crippen LogP contribution in [0.4, 0.5) is 0 Å². The van der Waals surface area contributed by atoms with Crippen LogP contribution in [0.3, 0.4) is 0 Å². The summed E-state index contributed by atoms with van der Waals surface area (Å²) in [7, 11) is -3.54. The third-order valence-corrected chi connectivity index (χ3v) is 6.05. The monoisotopic (exact) mass is 311 g/mol. The van der Waals surface area contributed by atoms with Crippen LogP contribution in [0.1, 0.15) is 49.8 Å². The molecule has 1 saturated carbocycles. The van der Waals surface area contributed by atoms with Crippen molar-refractivity contribution in [2.24, 2.45) is 5.41 Å². The summed E-state index contributed by atoms with van der Waals surface area (Å²) in [6.07, 6.45) is 2.78. The molecule has 0 aromatic heterocycles. The van der Waals surface area contributed by atoms with Gasteiger partial charge in [-0.25, -0.2) is 13.1 Å². The first-order valence-corrected chi connectivity index (χ1v) is 8.86. The summed E-state index contributed by atoms with van der Waals surface area (Å²) in [4.78, 5) is 0.279. The third kappa shape index (κ3) is 3.65. The van der Waals surface area contributed by atoms with Gasteiger partial charge in [-0.1, -0.05) is 19.9 Å². The van der Waals surface area contributed by atoms with Gasteiger partial charge in [-0.15, -0.1) is 0 Å². The molecule has 0 heterocycles. The highest BCUT2D eigenvalue weighted by Gasteiger charge is 2.33. The zero-order valence-electron chi connectivity index (χ0n) is 13.2. The molecule has 0 aliphatic heterocycles. The van der Waals surface area contributed by atoms with Crippen molar-refractivity contribution in [1.29, 1.82) is 0 Å². The van der Waals surface area contributed by atoms with Crippen molar-refractivity contribution < 1.29 is 13.5 Å². The smallest absolute Gasteiger partial charge is 0.241 e. The van der Waals surface area contributed by atoms with Crippen molar-refractivity contribution in [2.45, 2.75) is 64.5 Å². The van der Waals surface area contributed by atoms with Gasteiger partial charge in [0.15, 0.2) is 0 Å². The molecule has 0 bridgehead atoms. The van der Waals surface area contributed by atoms with E-state index in [0.29, 0.717) is 5.56 Å². The summed E-state index contributed by atoms with van der Waals surface area (Å²) >= 11 is 0. The average Bonchev–Trinajstić information content (AvgIpc) is 2.67. The molecule has 2 rings (SSSR count). The minimum absolute atomic E-state index is 0.00304. The standard InChI is InChI=1S/C16H25NO3S/c1-11-7-12(2)15(8-13(11)10-18)21(19,20)17-14-5-6-16(3,4)9-14/h7-8,14,17-18H,5-6,9-10H2,1-4H3. The molecule has 0 radical (unpaired) electrons. The van der Waals surface area contributed by atoms with Gasteiger partial charge in [0.1, 0.15) is 0 Å². The van der Waals surface area contributed by atoms with Crippen LogP contribution in [0.5, 0.6) is 0 Å². The van der Waals surface area contributed by atoms with E-state index in [1.165, 1.54) is 0 Å². The van der Waals surface area contributed by atoms with Gasteiger partial charge in [0.05, 0.1) is 11.5 Å². The van der Waals surface area contributed by atoms with Gasteiger partial charge in [0, 0.05) is 6.04 Å². The highest BCUT2D eigenvalue weighted by atomic mass is 32.2. The summed E-state index contributed by atoms with van der Waals surface area (Å²) in [5, 5.41) is 9.34. The fraction of sp³-hybridized carbons (Fsp3) is 0.625. The normalized spacial score (nSPS) is 21.7. The lowest BCUT2D eigenvalue weighted by Gasteiger charge is -2.19. The van der Waals surface area contributed by atoms with Crippen LogP contribution in [0.15, 0.2) is 17.0 Å². The van der Waals surface area contributed by atoms with E-state index in [9.17, 15) is 13.5 Å². The van der Waals surface area contributed by atoms with Crippen molar-refractivity contribution in [2.75, 3.05) is 0 Å². The molecule has 5 heteroatoms. The first-order valence-electron chi connectivity index (χ1n) is 7.38. The molecule has 1 unspecified atom stereocenters. The Morgan fingerprint density at radius 1 is 1.29 bits per heavy atom. The second kappa shape index (κ2) is 5.71. The predicted molar refractivity (Wildman–Crippen MR) is 83.6 cm³/mol. The molecule has 118 valence electrons. The quantitative estimate of drug-likeness (QED) is 0.898. The molecule has 4 nitrogen and oxygen atoms in total. The molecule has 1 fully saturated rings. The fourth-order valence-electron chi connectivity index (χ4n) is 3.15. The molecule has 1 aromatic rings. The van der Waals surface area contributed by atoms with Gasteiger partial charge in [-0.2, -0.15) is 0 Å². The maximum Gasteiger partial charge on any atom is 0.241 e. The van der Waals surface area contributed by atoms with Gasteiger partial charge in [0.25, 0.3) is 0 Å². The van der Waals surface area contributed by atoms with Gasteiger partial charge in [0.2, 0.25) is 10.0 Å². The Kier molecular flexibility index (Phi) is 4.47. The van der Waals surface area contributed by atoms with Gasteiger partial charge in [-0.3, -0.25) is 0 Å². The molecule has 21 heavy (non-hydrogen) atoms. The lowest BCUT2D eigenvalue weighted by atomic mass is 9.92. The lowest BCUT2D eigenvalue weighted by Crippen LogP contribution is -2.34. The average molecular weight is 311 g/mol. The summed E-state index contributed by atoms with van der Waals surface area (Å²) in [5.41, 5.74) is 2.49. The Hall–Kier alpha value is -0.910. The van der Waals surface area contributed by atoms with Crippen LogP contribution in [-0.2, 0) is 16.6 Å². The number of hydrogen-bond donors (Lipinski definition) is 2. The molecule has 1 aliphatic rings. The summed E-state index contributed by atoms with van der Waals surface area (Å²) in [6, 6.07) is 3.41. The zero-order valence-corrected chi connectivity index (χ0v) is 14.0. The number of rotatable bonds is 4. The minimum Gasteiger partial charge on any atom is -0.392 e. The number of nitrogens with one attached hydrogen (secondary N) is 1. The topological polar surface area (TPSA) is 66.4 Å². The SMILES string of the molecule is Cc1cc(C)c(S(=O)(=O)NC2CCC(C)(C)C2)cc1CO. The van der Waals surface area contributed by atoms with Crippen molar-refractivity contribution >= 4 is 10.0 Å². The fourth-order valence-corrected chi connectivity index (χ4v) is 4.70. The summed E-state index contributed by atoms with van der Waals surface area (Å²) in [6.45, 7) is 7.86. The Morgan fingerprint density at radius 2 is 1.95 bits per heavy atom. The summed E-state index contributed by atoms with van der Waals surface area (Å²) < 4.78 is 28.0. The van der Waals surface area contributed by atoms with Crippen LogP contribution < -0.4 is 4.72 Å². The molecule has 0 amide bonds. The number of benzene rings is 1. The summed E-state index contributed by atoms with van der Waals surface area (Å²) in [5.74, 6) is 0. The molecule has 0 spiro atoms. The molecule has 1 aromatic carbocycles. The van der Waals surface area contributed by atoms with Crippen molar-refractivity contribution in [1.82, 2.24) is 4.72 Å². The third-order valence-electron chi connectivity index (χ3n) is 4.38. The van der Waals surface area contributed by atoms with Crippen LogP contribution in [0, 0.1) is 19.3 Å². The van der Waals surface area contributed by atoms with Crippen molar-refractivity contribution in [3.63, 3.8) is 0 Å². The van der Waals surface area contributed by atoms with Crippen molar-refractivity contribution in [3.05, 3.63) is 28.8 Å². The Bertz CT molecular complexity index is 635. The van der Waals surface area contributed by atoms with Crippen molar-refractivity contribution in [3.8, 4) is 0 Å². The first-order chi connectivity index (χ1) is 9.64. The van der Waals surface area contributed by atoms with E-state index in [-0.39, 0.29) is 23.0 Å². The molecular weight excluding hydrogens is 286 g/mol. The number of aliphatic hydroxyl groups is 1. The molecule has 1 aliphatic carbocycles. The van der Waals surface area contributed by atoms with E-state index in [2.05, 4.69) is 18.6 Å². The highest BCUT2D eigenvalue weighted by Crippen LogP contribution is 2.37. The van der Waals surface area contributed by atoms with Gasteiger partial charge in [-0.05, 0) is 61.3 Å². The van der Waals surface area contributed by atoms with E-state index in [4.69, 9.17) is 0 Å². The van der Waals surface area contributed by atoms with Gasteiger partial charge < -0.3 is 5.11 Å². The molecular formula is C16H25NO3S. The van der Waals surface area contributed by atoms with E-state index in [0.717, 1.165) is 30.4 Å². The number of sulfonamides is 1. The predicted octanol–water partition coefficient (Wildman–Crippen LogP) is 2.65. The van der Waals surface area contributed by atoms with E-state index in [1.54, 1.807) is 13.0 Å². The van der Waals surface area contributed by atoms with Crippen LogP contribution in [0.25, 0.3) is 0 Å². The first kappa shape index (κ1) is 16.5. The number of aliphatic hydroxyl groups excluding tert-OH is 1. The van der Waals surface area contributed by atoms with Crippen LogP contribution in [0.2, 0.25) is 0 Å². The molecule has 2 N–H and O–H groups in total. The number of aryl methyl sites for hydroxylation is 2. The second-order valence-corrected chi connectivity index (χ2v) is 8.61. The largest absolute Gasteiger partial charge is 0.392 e.